The number of hydrogen-bond acceptors (Lipinski definition) is 5. The number of benzene rings is 2. The Morgan fingerprint density at radius 3 is 2.70 bits per heavy atom. The Labute approximate surface area is 156 Å². The van der Waals surface area contributed by atoms with Gasteiger partial charge in [-0.2, -0.15) is 0 Å². The van der Waals surface area contributed by atoms with Crippen LogP contribution in [-0.2, 0) is 0 Å². The van der Waals surface area contributed by atoms with Crippen LogP contribution in [0.3, 0.4) is 0 Å². The first kappa shape index (κ1) is 17.1. The number of carboxylic acid groups (broad SMARTS) is 1. The summed E-state index contributed by atoms with van der Waals surface area (Å²) in [4.78, 5) is 15.1. The number of rotatable bonds is 5. The number of carboxylic acids is 1. The summed E-state index contributed by atoms with van der Waals surface area (Å²) >= 11 is 0. The van der Waals surface area contributed by atoms with Gasteiger partial charge in [0.25, 0.3) is 0 Å². The van der Waals surface area contributed by atoms with Crippen LogP contribution in [0.1, 0.15) is 28.4 Å². The van der Waals surface area contributed by atoms with E-state index in [1.165, 1.54) is 10.4 Å². The molecule has 7 heteroatoms. The van der Waals surface area contributed by atoms with Crippen LogP contribution in [0.2, 0.25) is 0 Å². The van der Waals surface area contributed by atoms with Gasteiger partial charge in [-0.1, -0.05) is 36.4 Å². The molecule has 1 aromatic heterocycles. The van der Waals surface area contributed by atoms with Crippen molar-refractivity contribution in [2.24, 2.45) is 0 Å². The van der Waals surface area contributed by atoms with Gasteiger partial charge in [-0.05, 0) is 24.1 Å². The zero-order chi connectivity index (χ0) is 18.8. The quantitative estimate of drug-likeness (QED) is 0.750. The van der Waals surface area contributed by atoms with Gasteiger partial charge in [0.1, 0.15) is 5.75 Å². The van der Waals surface area contributed by atoms with Crippen LogP contribution in [-0.4, -0.2) is 46.3 Å². The van der Waals surface area contributed by atoms with Crippen LogP contribution >= 0.6 is 0 Å². The topological polar surface area (TPSA) is 80.5 Å². The summed E-state index contributed by atoms with van der Waals surface area (Å²) in [5, 5.41) is 18.3. The van der Waals surface area contributed by atoms with Gasteiger partial charge in [0.15, 0.2) is 5.82 Å². The minimum absolute atomic E-state index is 0.0356. The molecule has 1 aliphatic heterocycles. The van der Waals surface area contributed by atoms with Crippen LogP contribution in [0.25, 0.3) is 5.69 Å². The van der Waals surface area contributed by atoms with E-state index in [0.717, 1.165) is 19.5 Å². The van der Waals surface area contributed by atoms with E-state index < -0.39 is 5.97 Å². The second-order valence-corrected chi connectivity index (χ2v) is 6.51. The molecule has 1 aliphatic rings. The van der Waals surface area contributed by atoms with Crippen molar-refractivity contribution < 1.29 is 14.6 Å². The third-order valence-corrected chi connectivity index (χ3v) is 4.84. The summed E-state index contributed by atoms with van der Waals surface area (Å²) in [7, 11) is 1.58. The molecule has 27 heavy (non-hydrogen) atoms. The molecular weight excluding hydrogens is 344 g/mol. The number of aromatic carboxylic acids is 1. The summed E-state index contributed by atoms with van der Waals surface area (Å²) in [6.07, 6.45) is 0.953. The maximum atomic E-state index is 11.7. The van der Waals surface area contributed by atoms with Gasteiger partial charge in [0.05, 0.1) is 12.8 Å². The fourth-order valence-corrected chi connectivity index (χ4v) is 3.45. The molecule has 0 aliphatic carbocycles. The van der Waals surface area contributed by atoms with E-state index in [2.05, 4.69) is 22.3 Å². The molecule has 0 radical (unpaired) electrons. The van der Waals surface area contributed by atoms with E-state index in [-0.39, 0.29) is 5.69 Å². The molecule has 138 valence electrons. The standard InChI is InChI=1S/C20H20N4O3/c1-27-17-9-5-8-16(12-17)24-21-18(20(25)26)19(22-24)23-11-10-15(13-23)14-6-3-2-4-7-14/h2-9,12,15H,10-11,13H2,1H3,(H,25,26)/t15-/m1/s1. The second kappa shape index (κ2) is 7.11. The Hall–Kier alpha value is -3.35. The smallest absolute Gasteiger partial charge is 0.360 e. The third-order valence-electron chi connectivity index (χ3n) is 4.84. The average Bonchev–Trinajstić information content (AvgIpc) is 3.36. The molecule has 2 heterocycles. The number of nitrogens with zero attached hydrogens (tertiary/aromatic N) is 4. The van der Waals surface area contributed by atoms with Gasteiger partial charge < -0.3 is 14.7 Å². The lowest BCUT2D eigenvalue weighted by atomic mass is 9.99. The average molecular weight is 364 g/mol. The summed E-state index contributed by atoms with van der Waals surface area (Å²) < 4.78 is 5.23. The molecule has 0 spiro atoms. The highest BCUT2D eigenvalue weighted by Crippen LogP contribution is 2.31. The third kappa shape index (κ3) is 3.36. The first-order valence-electron chi connectivity index (χ1n) is 8.80. The number of anilines is 1. The van der Waals surface area contributed by atoms with Gasteiger partial charge in [-0.25, -0.2) is 4.79 Å². The number of aromatic nitrogens is 3. The SMILES string of the molecule is COc1cccc(-n2nc(C(=O)O)c(N3CC[C@@H](c4ccccc4)C3)n2)c1. The summed E-state index contributed by atoms with van der Waals surface area (Å²) in [6, 6.07) is 17.5. The van der Waals surface area contributed by atoms with Crippen molar-refractivity contribution in [3.63, 3.8) is 0 Å². The minimum atomic E-state index is -1.08. The van der Waals surface area contributed by atoms with Gasteiger partial charge in [-0.15, -0.1) is 15.0 Å². The maximum Gasteiger partial charge on any atom is 0.360 e. The lowest BCUT2D eigenvalue weighted by molar-refractivity contribution is 0.0690. The summed E-state index contributed by atoms with van der Waals surface area (Å²) in [6.45, 7) is 1.47. The van der Waals surface area contributed by atoms with E-state index >= 15 is 0 Å². The van der Waals surface area contributed by atoms with Crippen molar-refractivity contribution in [3.8, 4) is 11.4 Å². The highest BCUT2D eigenvalue weighted by atomic mass is 16.5. The molecular formula is C20H20N4O3. The number of methoxy groups -OCH3 is 1. The normalized spacial score (nSPS) is 16.5. The Balaban J connectivity index is 1.64. The summed E-state index contributed by atoms with van der Waals surface area (Å²) in [5.41, 5.74) is 1.88. The van der Waals surface area contributed by atoms with Crippen molar-refractivity contribution in [3.05, 3.63) is 65.9 Å². The van der Waals surface area contributed by atoms with E-state index in [4.69, 9.17) is 4.74 Å². The van der Waals surface area contributed by atoms with Crippen LogP contribution in [0.5, 0.6) is 5.75 Å². The van der Waals surface area contributed by atoms with E-state index in [1.54, 1.807) is 13.2 Å². The Bertz CT molecular complexity index is 955. The lowest BCUT2D eigenvalue weighted by Gasteiger charge is -2.16. The Morgan fingerprint density at radius 1 is 1.15 bits per heavy atom. The fraction of sp³-hybridized carbons (Fsp3) is 0.250. The number of ether oxygens (including phenoxy) is 1. The molecule has 1 fully saturated rings. The molecule has 1 saturated heterocycles. The van der Waals surface area contributed by atoms with Gasteiger partial charge >= 0.3 is 5.97 Å². The van der Waals surface area contributed by atoms with Gasteiger partial charge in [0, 0.05) is 25.1 Å². The van der Waals surface area contributed by atoms with Gasteiger partial charge in [0.2, 0.25) is 5.69 Å². The van der Waals surface area contributed by atoms with Crippen LogP contribution < -0.4 is 9.64 Å². The lowest BCUT2D eigenvalue weighted by Crippen LogP contribution is -2.22. The predicted molar refractivity (Wildman–Crippen MR) is 101 cm³/mol. The fourth-order valence-electron chi connectivity index (χ4n) is 3.45. The summed E-state index contributed by atoms with van der Waals surface area (Å²) in [5.74, 6) is 0.342. The van der Waals surface area contributed by atoms with Crippen LogP contribution in [0, 0.1) is 0 Å². The minimum Gasteiger partial charge on any atom is -0.497 e. The number of carbonyl (C=O) groups is 1. The molecule has 4 rings (SSSR count). The molecule has 7 nitrogen and oxygen atoms in total. The Morgan fingerprint density at radius 2 is 1.96 bits per heavy atom. The molecule has 0 bridgehead atoms. The van der Waals surface area contributed by atoms with Crippen molar-refractivity contribution >= 4 is 11.8 Å². The number of hydrogen-bond donors (Lipinski definition) is 1. The molecule has 0 saturated carbocycles. The van der Waals surface area contributed by atoms with Crippen molar-refractivity contribution in [2.45, 2.75) is 12.3 Å². The first-order valence-corrected chi connectivity index (χ1v) is 8.80. The van der Waals surface area contributed by atoms with E-state index in [0.29, 0.717) is 23.2 Å². The predicted octanol–water partition coefficient (Wildman–Crippen LogP) is 2.97. The molecule has 3 aromatic rings. The first-order chi connectivity index (χ1) is 13.2. The molecule has 0 amide bonds. The van der Waals surface area contributed by atoms with Crippen molar-refractivity contribution in [2.75, 3.05) is 25.1 Å². The highest BCUT2D eigenvalue weighted by molar-refractivity contribution is 5.91. The Kier molecular flexibility index (Phi) is 4.50. The molecule has 2 aromatic carbocycles. The second-order valence-electron chi connectivity index (χ2n) is 6.51. The van der Waals surface area contributed by atoms with Crippen molar-refractivity contribution in [1.29, 1.82) is 0 Å². The zero-order valence-corrected chi connectivity index (χ0v) is 14.9. The van der Waals surface area contributed by atoms with E-state index in [1.807, 2.05) is 41.3 Å². The maximum absolute atomic E-state index is 11.7. The molecule has 1 N–H and O–H groups in total. The monoisotopic (exact) mass is 364 g/mol. The van der Waals surface area contributed by atoms with E-state index in [9.17, 15) is 9.90 Å². The largest absolute Gasteiger partial charge is 0.497 e. The molecule has 0 unspecified atom stereocenters. The molecule has 1 atom stereocenters. The zero-order valence-electron chi connectivity index (χ0n) is 14.9. The van der Waals surface area contributed by atoms with Crippen molar-refractivity contribution in [1.82, 2.24) is 15.0 Å². The van der Waals surface area contributed by atoms with Crippen LogP contribution in [0.4, 0.5) is 5.82 Å². The highest BCUT2D eigenvalue weighted by Gasteiger charge is 2.30. The van der Waals surface area contributed by atoms with Gasteiger partial charge in [-0.3, -0.25) is 0 Å². The van der Waals surface area contributed by atoms with Crippen LogP contribution in [0.15, 0.2) is 54.6 Å².